The van der Waals surface area contributed by atoms with E-state index in [9.17, 15) is 0 Å². The first-order chi connectivity index (χ1) is 8.72. The smallest absolute Gasteiger partial charge is 0.225 e. The quantitative estimate of drug-likeness (QED) is 0.670. The Hall–Kier alpha value is -1.06. The van der Waals surface area contributed by atoms with Crippen molar-refractivity contribution in [3.8, 4) is 5.75 Å². The molecule has 2 nitrogen and oxygen atoms in total. The maximum atomic E-state index is 6.04. The maximum absolute atomic E-state index is 6.04. The molecule has 18 heavy (non-hydrogen) atoms. The van der Waals surface area contributed by atoms with Gasteiger partial charge in [0.15, 0.2) is 0 Å². The molecule has 0 amide bonds. The maximum Gasteiger partial charge on any atom is 0.225 e. The highest BCUT2D eigenvalue weighted by molar-refractivity contribution is 6.31. The third-order valence-electron chi connectivity index (χ3n) is 3.21. The fraction of sp³-hybridized carbons (Fsp3) is 0.467. The number of benzene rings is 1. The van der Waals surface area contributed by atoms with E-state index in [0.717, 1.165) is 24.3 Å². The molecule has 1 rings (SSSR count). The average Bonchev–Trinajstić information content (AvgIpc) is 2.40. The molecule has 0 N–H and O–H groups in total. The Morgan fingerprint density at radius 2 is 2.06 bits per heavy atom. The van der Waals surface area contributed by atoms with E-state index < -0.39 is 9.76 Å². The van der Waals surface area contributed by atoms with Crippen LogP contribution in [0.25, 0.3) is 6.08 Å². The second kappa shape index (κ2) is 8.11. The SMILES string of the molecule is C=Cc1ccccc1O[SiH2]C(CC)C(C)OCC. The van der Waals surface area contributed by atoms with Crippen LogP contribution in [0.2, 0.25) is 5.54 Å². The molecule has 2 atom stereocenters. The summed E-state index contributed by atoms with van der Waals surface area (Å²) in [5, 5.41) is 0. The molecule has 0 fully saturated rings. The molecule has 0 radical (unpaired) electrons. The summed E-state index contributed by atoms with van der Waals surface area (Å²) < 4.78 is 11.7. The van der Waals surface area contributed by atoms with E-state index >= 15 is 0 Å². The largest absolute Gasteiger partial charge is 0.549 e. The summed E-state index contributed by atoms with van der Waals surface area (Å²) in [6.45, 7) is 11.0. The van der Waals surface area contributed by atoms with Crippen molar-refractivity contribution in [2.45, 2.75) is 38.8 Å². The van der Waals surface area contributed by atoms with Crippen LogP contribution in [0.15, 0.2) is 30.8 Å². The molecule has 0 spiro atoms. The predicted molar refractivity (Wildman–Crippen MR) is 80.8 cm³/mol. The van der Waals surface area contributed by atoms with E-state index in [4.69, 9.17) is 9.16 Å². The van der Waals surface area contributed by atoms with E-state index in [1.807, 2.05) is 37.3 Å². The minimum Gasteiger partial charge on any atom is -0.549 e. The van der Waals surface area contributed by atoms with Crippen molar-refractivity contribution in [1.82, 2.24) is 0 Å². The van der Waals surface area contributed by atoms with Crippen LogP contribution in [-0.2, 0) is 4.74 Å². The van der Waals surface area contributed by atoms with Gasteiger partial charge in [0.2, 0.25) is 9.76 Å². The average molecular weight is 264 g/mol. The number of hydrogen-bond donors (Lipinski definition) is 0. The van der Waals surface area contributed by atoms with Crippen molar-refractivity contribution in [3.63, 3.8) is 0 Å². The van der Waals surface area contributed by atoms with Gasteiger partial charge in [-0.3, -0.25) is 0 Å². The summed E-state index contributed by atoms with van der Waals surface area (Å²) in [6, 6.07) is 8.06. The third kappa shape index (κ3) is 4.31. The van der Waals surface area contributed by atoms with E-state index in [-0.39, 0.29) is 0 Å². The van der Waals surface area contributed by atoms with E-state index in [2.05, 4.69) is 20.4 Å². The first-order valence-electron chi connectivity index (χ1n) is 6.68. The van der Waals surface area contributed by atoms with Gasteiger partial charge in [0.1, 0.15) is 5.75 Å². The Morgan fingerprint density at radius 3 is 2.67 bits per heavy atom. The Balaban J connectivity index is 2.59. The van der Waals surface area contributed by atoms with Crippen LogP contribution in [0, 0.1) is 0 Å². The van der Waals surface area contributed by atoms with Crippen molar-refractivity contribution in [2.24, 2.45) is 0 Å². The highest BCUT2D eigenvalue weighted by Gasteiger charge is 2.17. The molecule has 0 saturated carbocycles. The first kappa shape index (κ1) is 15.0. The Kier molecular flexibility index (Phi) is 6.76. The molecule has 0 aliphatic rings. The van der Waals surface area contributed by atoms with Gasteiger partial charge in [-0.2, -0.15) is 0 Å². The Bertz CT molecular complexity index is 365. The molecular weight excluding hydrogens is 240 g/mol. The van der Waals surface area contributed by atoms with Gasteiger partial charge in [-0.05, 0) is 19.9 Å². The minimum atomic E-state index is -0.644. The molecule has 1 aromatic carbocycles. The van der Waals surface area contributed by atoms with Crippen molar-refractivity contribution in [3.05, 3.63) is 36.4 Å². The molecule has 3 heteroatoms. The highest BCUT2D eigenvalue weighted by Crippen LogP contribution is 2.23. The van der Waals surface area contributed by atoms with Crippen LogP contribution < -0.4 is 4.43 Å². The van der Waals surface area contributed by atoms with Gasteiger partial charge in [0.05, 0.1) is 6.10 Å². The second-order valence-electron chi connectivity index (χ2n) is 4.38. The molecular formula is C15H24O2Si. The normalized spacial score (nSPS) is 14.6. The zero-order valence-electron chi connectivity index (χ0n) is 11.7. The molecule has 0 aliphatic carbocycles. The summed E-state index contributed by atoms with van der Waals surface area (Å²) in [5.74, 6) is 0.960. The summed E-state index contributed by atoms with van der Waals surface area (Å²) in [5.41, 5.74) is 1.63. The van der Waals surface area contributed by atoms with Gasteiger partial charge < -0.3 is 9.16 Å². The topological polar surface area (TPSA) is 18.5 Å². The number of ether oxygens (including phenoxy) is 1. The van der Waals surface area contributed by atoms with Gasteiger partial charge in [0.25, 0.3) is 0 Å². The summed E-state index contributed by atoms with van der Waals surface area (Å²) >= 11 is 0. The van der Waals surface area contributed by atoms with E-state index in [1.54, 1.807) is 0 Å². The molecule has 1 aromatic rings. The first-order valence-corrected chi connectivity index (χ1v) is 8.08. The van der Waals surface area contributed by atoms with Gasteiger partial charge >= 0.3 is 0 Å². The molecule has 0 aliphatic heterocycles. The Labute approximate surface area is 113 Å². The summed E-state index contributed by atoms with van der Waals surface area (Å²) in [7, 11) is -0.644. The van der Waals surface area contributed by atoms with Crippen LogP contribution >= 0.6 is 0 Å². The van der Waals surface area contributed by atoms with Gasteiger partial charge in [-0.15, -0.1) is 0 Å². The summed E-state index contributed by atoms with van der Waals surface area (Å²) in [6.07, 6.45) is 3.25. The number of rotatable bonds is 8. The van der Waals surface area contributed by atoms with Crippen LogP contribution in [0.5, 0.6) is 5.75 Å². The monoisotopic (exact) mass is 264 g/mol. The predicted octanol–water partition coefficient (Wildman–Crippen LogP) is 3.42. The minimum absolute atomic E-state index is 0.294. The molecule has 0 heterocycles. The second-order valence-corrected chi connectivity index (χ2v) is 6.05. The third-order valence-corrected chi connectivity index (χ3v) is 5.36. The van der Waals surface area contributed by atoms with Crippen molar-refractivity contribution in [1.29, 1.82) is 0 Å². The van der Waals surface area contributed by atoms with Crippen LogP contribution in [0.4, 0.5) is 0 Å². The van der Waals surface area contributed by atoms with E-state index in [1.165, 1.54) is 0 Å². The van der Waals surface area contributed by atoms with Gasteiger partial charge in [-0.1, -0.05) is 44.2 Å². The molecule has 0 bridgehead atoms. The van der Waals surface area contributed by atoms with Gasteiger partial charge in [0, 0.05) is 17.7 Å². The summed E-state index contributed by atoms with van der Waals surface area (Å²) in [4.78, 5) is 0. The lowest BCUT2D eigenvalue weighted by Crippen LogP contribution is -2.24. The fourth-order valence-corrected chi connectivity index (χ4v) is 3.26. The standard InChI is InChI=1S/C15H24O2Si/c1-5-13-10-8-9-11-14(13)17-18-15(6-2)12(4)16-7-3/h5,8-12,15H,1,6-7,18H2,2-4H3. The molecule has 2 unspecified atom stereocenters. The van der Waals surface area contributed by atoms with Crippen LogP contribution in [0.1, 0.15) is 32.8 Å². The zero-order chi connectivity index (χ0) is 13.4. The highest BCUT2D eigenvalue weighted by atomic mass is 28.2. The lowest BCUT2D eigenvalue weighted by Gasteiger charge is -2.22. The van der Waals surface area contributed by atoms with E-state index in [0.29, 0.717) is 11.6 Å². The number of hydrogen-bond acceptors (Lipinski definition) is 2. The van der Waals surface area contributed by atoms with Crippen molar-refractivity contribution in [2.75, 3.05) is 6.61 Å². The molecule has 0 saturated heterocycles. The lowest BCUT2D eigenvalue weighted by atomic mass is 10.2. The number of para-hydroxylation sites is 1. The molecule has 0 aromatic heterocycles. The zero-order valence-corrected chi connectivity index (χ0v) is 13.1. The van der Waals surface area contributed by atoms with Crippen molar-refractivity contribution >= 4 is 15.8 Å². The van der Waals surface area contributed by atoms with Crippen LogP contribution in [0.3, 0.4) is 0 Å². The van der Waals surface area contributed by atoms with Crippen LogP contribution in [-0.4, -0.2) is 22.5 Å². The van der Waals surface area contributed by atoms with Gasteiger partial charge in [-0.25, -0.2) is 0 Å². The lowest BCUT2D eigenvalue weighted by molar-refractivity contribution is 0.0681. The Morgan fingerprint density at radius 1 is 1.33 bits per heavy atom. The molecule has 100 valence electrons. The fourth-order valence-electron chi connectivity index (χ4n) is 1.96. The van der Waals surface area contributed by atoms with Crippen molar-refractivity contribution < 1.29 is 9.16 Å².